The van der Waals surface area contributed by atoms with Crippen molar-refractivity contribution in [1.82, 2.24) is 23.9 Å². The SMILES string of the molecule is Cc1nc2n(n1)CCN(c1c(C#N)c(=O)n(C)c(=O)n1C)C2. The third-order valence-electron chi connectivity index (χ3n) is 3.81. The first-order chi connectivity index (χ1) is 10.4. The fraction of sp³-hybridized carbons (Fsp3) is 0.462. The van der Waals surface area contributed by atoms with Crippen LogP contribution in [-0.4, -0.2) is 30.4 Å². The maximum atomic E-state index is 12.2. The number of rotatable bonds is 1. The zero-order valence-corrected chi connectivity index (χ0v) is 12.6. The Kier molecular flexibility index (Phi) is 3.09. The van der Waals surface area contributed by atoms with E-state index in [1.807, 2.05) is 17.9 Å². The van der Waals surface area contributed by atoms with Crippen LogP contribution in [0.2, 0.25) is 0 Å². The van der Waals surface area contributed by atoms with Crippen molar-refractivity contribution >= 4 is 5.82 Å². The first-order valence-electron chi connectivity index (χ1n) is 6.79. The molecule has 0 atom stereocenters. The molecule has 0 saturated heterocycles. The summed E-state index contributed by atoms with van der Waals surface area (Å²) in [5, 5.41) is 13.6. The summed E-state index contributed by atoms with van der Waals surface area (Å²) < 4.78 is 4.08. The van der Waals surface area contributed by atoms with E-state index in [2.05, 4.69) is 10.1 Å². The lowest BCUT2D eigenvalue weighted by Crippen LogP contribution is -2.44. The molecule has 22 heavy (non-hydrogen) atoms. The molecule has 1 aliphatic heterocycles. The Morgan fingerprint density at radius 3 is 2.59 bits per heavy atom. The Hall–Kier alpha value is -2.89. The summed E-state index contributed by atoms with van der Waals surface area (Å²) in [6.45, 7) is 3.34. The van der Waals surface area contributed by atoms with Crippen LogP contribution in [0.4, 0.5) is 5.82 Å². The largest absolute Gasteiger partial charge is 0.347 e. The van der Waals surface area contributed by atoms with Crippen LogP contribution >= 0.6 is 0 Å². The Bertz CT molecular complexity index is 912. The lowest BCUT2D eigenvalue weighted by molar-refractivity contribution is 0.500. The number of aryl methyl sites for hydroxylation is 1. The van der Waals surface area contributed by atoms with Crippen LogP contribution in [0.15, 0.2) is 9.59 Å². The van der Waals surface area contributed by atoms with Crippen molar-refractivity contribution in [1.29, 1.82) is 5.26 Å². The molecule has 0 saturated carbocycles. The van der Waals surface area contributed by atoms with E-state index in [0.29, 0.717) is 31.3 Å². The maximum absolute atomic E-state index is 12.2. The molecular weight excluding hydrogens is 286 g/mol. The number of hydrogen-bond donors (Lipinski definition) is 0. The zero-order valence-electron chi connectivity index (χ0n) is 12.6. The van der Waals surface area contributed by atoms with Gasteiger partial charge in [0, 0.05) is 20.6 Å². The van der Waals surface area contributed by atoms with Crippen molar-refractivity contribution in [2.75, 3.05) is 11.4 Å². The summed E-state index contributed by atoms with van der Waals surface area (Å²) in [5.41, 5.74) is -1.07. The topological polar surface area (TPSA) is 102 Å². The van der Waals surface area contributed by atoms with Gasteiger partial charge in [-0.05, 0) is 6.92 Å². The van der Waals surface area contributed by atoms with Gasteiger partial charge in [-0.3, -0.25) is 13.9 Å². The molecule has 2 aromatic rings. The number of nitriles is 1. The number of anilines is 1. The molecule has 9 heteroatoms. The van der Waals surface area contributed by atoms with E-state index in [1.54, 1.807) is 11.7 Å². The molecule has 0 radical (unpaired) electrons. The molecule has 0 unspecified atom stereocenters. The second-order valence-corrected chi connectivity index (χ2v) is 5.24. The van der Waals surface area contributed by atoms with Gasteiger partial charge in [-0.1, -0.05) is 0 Å². The van der Waals surface area contributed by atoms with Gasteiger partial charge in [0.05, 0.1) is 13.1 Å². The smallest absolute Gasteiger partial charge is 0.332 e. The Balaban J connectivity index is 2.16. The third kappa shape index (κ3) is 1.92. The summed E-state index contributed by atoms with van der Waals surface area (Å²) in [4.78, 5) is 30.4. The van der Waals surface area contributed by atoms with E-state index in [9.17, 15) is 14.9 Å². The highest BCUT2D eigenvalue weighted by atomic mass is 16.2. The molecule has 2 aromatic heterocycles. The highest BCUT2D eigenvalue weighted by molar-refractivity contribution is 5.53. The molecule has 0 aliphatic carbocycles. The normalized spacial score (nSPS) is 13.8. The average molecular weight is 301 g/mol. The predicted molar refractivity (Wildman–Crippen MR) is 77.4 cm³/mol. The molecule has 3 rings (SSSR count). The quantitative estimate of drug-likeness (QED) is 0.661. The second kappa shape index (κ2) is 4.84. The van der Waals surface area contributed by atoms with Crippen molar-refractivity contribution in [3.8, 4) is 6.07 Å². The standard InChI is InChI=1S/C13H15N7O2/c1-8-15-10-7-19(4-5-20(10)16-8)11-9(6-14)12(21)18(3)13(22)17(11)2/h4-5,7H2,1-3H3. The van der Waals surface area contributed by atoms with Crippen LogP contribution in [0.3, 0.4) is 0 Å². The summed E-state index contributed by atoms with van der Waals surface area (Å²) in [6, 6.07) is 1.92. The fourth-order valence-corrected chi connectivity index (χ4v) is 2.74. The maximum Gasteiger partial charge on any atom is 0.332 e. The third-order valence-corrected chi connectivity index (χ3v) is 3.81. The minimum absolute atomic E-state index is 0.0331. The molecule has 0 N–H and O–H groups in total. The van der Waals surface area contributed by atoms with Crippen LogP contribution < -0.4 is 16.1 Å². The van der Waals surface area contributed by atoms with Gasteiger partial charge in [-0.2, -0.15) is 10.4 Å². The number of fused-ring (bicyclic) bond motifs is 1. The summed E-state index contributed by atoms with van der Waals surface area (Å²) in [7, 11) is 2.92. The number of aromatic nitrogens is 5. The van der Waals surface area contributed by atoms with Crippen molar-refractivity contribution in [3.05, 3.63) is 38.1 Å². The van der Waals surface area contributed by atoms with Gasteiger partial charge in [-0.25, -0.2) is 14.5 Å². The molecule has 0 amide bonds. The first-order valence-corrected chi connectivity index (χ1v) is 6.79. The minimum Gasteiger partial charge on any atom is -0.347 e. The van der Waals surface area contributed by atoms with Gasteiger partial charge >= 0.3 is 5.69 Å². The van der Waals surface area contributed by atoms with Gasteiger partial charge in [0.1, 0.15) is 23.5 Å². The molecule has 0 aromatic carbocycles. The molecular formula is C13H15N7O2. The Morgan fingerprint density at radius 1 is 1.18 bits per heavy atom. The van der Waals surface area contributed by atoms with Crippen LogP contribution in [0.25, 0.3) is 0 Å². The lowest BCUT2D eigenvalue weighted by Gasteiger charge is -2.30. The van der Waals surface area contributed by atoms with Gasteiger partial charge in [0.15, 0.2) is 5.56 Å². The molecule has 3 heterocycles. The van der Waals surface area contributed by atoms with Gasteiger partial charge < -0.3 is 4.90 Å². The van der Waals surface area contributed by atoms with Crippen molar-refractivity contribution in [2.45, 2.75) is 20.0 Å². The number of hydrogen-bond acceptors (Lipinski definition) is 6. The zero-order chi connectivity index (χ0) is 16.0. The molecule has 1 aliphatic rings. The first kappa shape index (κ1) is 14.1. The van der Waals surface area contributed by atoms with Crippen molar-refractivity contribution < 1.29 is 0 Å². The summed E-state index contributed by atoms with van der Waals surface area (Å²) in [6.07, 6.45) is 0. The lowest BCUT2D eigenvalue weighted by atomic mass is 10.2. The van der Waals surface area contributed by atoms with E-state index in [1.165, 1.54) is 11.6 Å². The molecule has 0 spiro atoms. The van der Waals surface area contributed by atoms with Crippen molar-refractivity contribution in [2.24, 2.45) is 14.1 Å². The van der Waals surface area contributed by atoms with E-state index in [4.69, 9.17) is 0 Å². The minimum atomic E-state index is -0.580. The van der Waals surface area contributed by atoms with E-state index < -0.39 is 11.2 Å². The van der Waals surface area contributed by atoms with Gasteiger partial charge in [0.25, 0.3) is 5.56 Å². The molecule has 0 bridgehead atoms. The Labute approximate surface area is 125 Å². The van der Waals surface area contributed by atoms with E-state index >= 15 is 0 Å². The van der Waals surface area contributed by atoms with E-state index in [0.717, 1.165) is 10.4 Å². The van der Waals surface area contributed by atoms with E-state index in [-0.39, 0.29) is 5.56 Å². The highest BCUT2D eigenvalue weighted by Gasteiger charge is 2.25. The monoisotopic (exact) mass is 301 g/mol. The molecule has 114 valence electrons. The van der Waals surface area contributed by atoms with Crippen LogP contribution in [0.5, 0.6) is 0 Å². The average Bonchev–Trinajstić information content (AvgIpc) is 2.87. The van der Waals surface area contributed by atoms with Gasteiger partial charge in [-0.15, -0.1) is 0 Å². The van der Waals surface area contributed by atoms with Crippen LogP contribution in [0, 0.1) is 18.3 Å². The van der Waals surface area contributed by atoms with Crippen LogP contribution in [0.1, 0.15) is 17.2 Å². The Morgan fingerprint density at radius 2 is 1.91 bits per heavy atom. The molecule has 0 fully saturated rings. The summed E-state index contributed by atoms with van der Waals surface area (Å²) >= 11 is 0. The predicted octanol–water partition coefficient (Wildman–Crippen LogP) is -1.12. The van der Waals surface area contributed by atoms with Gasteiger partial charge in [0.2, 0.25) is 0 Å². The second-order valence-electron chi connectivity index (χ2n) is 5.24. The fourth-order valence-electron chi connectivity index (χ4n) is 2.74. The van der Waals surface area contributed by atoms with Crippen molar-refractivity contribution in [3.63, 3.8) is 0 Å². The number of nitrogens with zero attached hydrogens (tertiary/aromatic N) is 7. The van der Waals surface area contributed by atoms with Crippen LogP contribution in [-0.2, 0) is 27.2 Å². The molecule has 9 nitrogen and oxygen atoms in total. The highest BCUT2D eigenvalue weighted by Crippen LogP contribution is 2.20. The summed E-state index contributed by atoms with van der Waals surface area (Å²) in [5.74, 6) is 1.76.